The normalized spacial score (nSPS) is 19.4. The Labute approximate surface area is 143 Å². The van der Waals surface area contributed by atoms with Gasteiger partial charge < -0.3 is 9.64 Å². The van der Waals surface area contributed by atoms with Gasteiger partial charge in [0.1, 0.15) is 5.75 Å². The molecule has 1 aromatic rings. The second kappa shape index (κ2) is 9.30. The summed E-state index contributed by atoms with van der Waals surface area (Å²) >= 11 is 0. The number of unbranched alkanes of at least 4 members (excludes halogenated alkanes) is 2. The van der Waals surface area contributed by atoms with Gasteiger partial charge in [0.2, 0.25) is 0 Å². The van der Waals surface area contributed by atoms with Gasteiger partial charge in [-0.25, -0.2) is 0 Å². The molecule has 1 saturated heterocycles. The molecule has 136 valence electrons. The van der Waals surface area contributed by atoms with E-state index in [4.69, 9.17) is 4.74 Å². The number of alkyl halides is 3. The Kier molecular flexibility index (Phi) is 7.40. The first-order chi connectivity index (χ1) is 11.5. The quantitative estimate of drug-likeness (QED) is 0.588. The third-order valence-corrected chi connectivity index (χ3v) is 4.64. The zero-order valence-electron chi connectivity index (χ0n) is 14.4. The van der Waals surface area contributed by atoms with Crippen LogP contribution in [0.15, 0.2) is 24.3 Å². The molecule has 2 rings (SSSR count). The maximum atomic E-state index is 12.7. The first-order valence-corrected chi connectivity index (χ1v) is 9.01. The number of hydrogen-bond acceptors (Lipinski definition) is 2. The summed E-state index contributed by atoms with van der Waals surface area (Å²) in [6.45, 7) is 6.13. The average molecular weight is 343 g/mol. The minimum atomic E-state index is -4.32. The molecule has 0 aliphatic carbocycles. The molecule has 24 heavy (non-hydrogen) atoms. The second-order valence-electron chi connectivity index (χ2n) is 6.68. The van der Waals surface area contributed by atoms with Crippen molar-refractivity contribution in [3.8, 4) is 5.75 Å². The van der Waals surface area contributed by atoms with E-state index in [9.17, 15) is 13.2 Å². The van der Waals surface area contributed by atoms with Crippen LogP contribution < -0.4 is 4.74 Å². The van der Waals surface area contributed by atoms with Crippen molar-refractivity contribution in [2.24, 2.45) is 5.92 Å². The number of ether oxygens (including phenoxy) is 1. The Hall–Kier alpha value is -1.23. The number of rotatable bonds is 8. The zero-order valence-corrected chi connectivity index (χ0v) is 14.4. The highest BCUT2D eigenvalue weighted by Gasteiger charge is 2.30. The maximum Gasteiger partial charge on any atom is 0.416 e. The number of hydrogen-bond donors (Lipinski definition) is 0. The van der Waals surface area contributed by atoms with Gasteiger partial charge in [-0.1, -0.05) is 25.8 Å². The average Bonchev–Trinajstić information content (AvgIpc) is 2.55. The van der Waals surface area contributed by atoms with Crippen LogP contribution in [0.5, 0.6) is 5.75 Å². The smallest absolute Gasteiger partial charge is 0.416 e. The molecule has 0 saturated carbocycles. The topological polar surface area (TPSA) is 12.5 Å². The fourth-order valence-corrected chi connectivity index (χ4v) is 3.28. The summed E-state index contributed by atoms with van der Waals surface area (Å²) in [7, 11) is 0. The minimum absolute atomic E-state index is 0.306. The predicted octanol–water partition coefficient (Wildman–Crippen LogP) is 5.38. The van der Waals surface area contributed by atoms with Crippen LogP contribution in [-0.2, 0) is 6.18 Å². The zero-order chi connectivity index (χ0) is 17.4. The van der Waals surface area contributed by atoms with Crippen molar-refractivity contribution in [2.45, 2.75) is 51.6 Å². The van der Waals surface area contributed by atoms with E-state index in [1.807, 2.05) is 0 Å². The van der Waals surface area contributed by atoms with Crippen molar-refractivity contribution in [3.63, 3.8) is 0 Å². The fourth-order valence-electron chi connectivity index (χ4n) is 3.28. The number of piperidine rings is 1. The van der Waals surface area contributed by atoms with E-state index >= 15 is 0 Å². The first-order valence-electron chi connectivity index (χ1n) is 9.01. The van der Waals surface area contributed by atoms with Crippen LogP contribution in [0.4, 0.5) is 13.2 Å². The molecule has 1 aromatic carbocycles. The van der Waals surface area contributed by atoms with Gasteiger partial charge in [-0.2, -0.15) is 13.2 Å². The van der Waals surface area contributed by atoms with E-state index in [1.54, 1.807) is 6.07 Å². The molecule has 0 N–H and O–H groups in total. The molecule has 0 aromatic heterocycles. The summed E-state index contributed by atoms with van der Waals surface area (Å²) in [5.41, 5.74) is -0.653. The number of likely N-dealkylation sites (tertiary alicyclic amines) is 1. The van der Waals surface area contributed by atoms with Gasteiger partial charge in [0.25, 0.3) is 0 Å². The molecule has 2 nitrogen and oxygen atoms in total. The molecular weight excluding hydrogens is 315 g/mol. The highest BCUT2D eigenvalue weighted by atomic mass is 19.4. The Bertz CT molecular complexity index is 490. The van der Waals surface area contributed by atoms with Crippen molar-refractivity contribution in [3.05, 3.63) is 29.8 Å². The lowest BCUT2D eigenvalue weighted by molar-refractivity contribution is -0.137. The molecule has 1 atom stereocenters. The number of nitrogens with zero attached hydrogens (tertiary/aromatic N) is 1. The van der Waals surface area contributed by atoms with Crippen LogP contribution in [-0.4, -0.2) is 31.1 Å². The summed E-state index contributed by atoms with van der Waals surface area (Å²) in [5.74, 6) is 0.895. The van der Waals surface area contributed by atoms with Gasteiger partial charge in [-0.15, -0.1) is 0 Å². The molecular formula is C19H28F3NO. The van der Waals surface area contributed by atoms with E-state index in [0.717, 1.165) is 25.1 Å². The van der Waals surface area contributed by atoms with Crippen molar-refractivity contribution >= 4 is 0 Å². The lowest BCUT2D eigenvalue weighted by atomic mass is 9.95. The third-order valence-electron chi connectivity index (χ3n) is 4.64. The van der Waals surface area contributed by atoms with Crippen molar-refractivity contribution in [1.29, 1.82) is 0 Å². The summed E-state index contributed by atoms with van der Waals surface area (Å²) in [6, 6.07) is 5.14. The summed E-state index contributed by atoms with van der Waals surface area (Å²) in [6.07, 6.45) is 2.75. The minimum Gasteiger partial charge on any atom is -0.494 e. The molecule has 1 aliphatic rings. The van der Waals surface area contributed by atoms with E-state index in [-0.39, 0.29) is 0 Å². The number of benzene rings is 1. The molecule has 1 unspecified atom stereocenters. The van der Waals surface area contributed by atoms with Crippen molar-refractivity contribution in [1.82, 2.24) is 4.90 Å². The van der Waals surface area contributed by atoms with E-state index in [2.05, 4.69) is 11.8 Å². The molecule has 0 bridgehead atoms. The Morgan fingerprint density at radius 1 is 1.25 bits per heavy atom. The maximum absolute atomic E-state index is 12.7. The van der Waals surface area contributed by atoms with E-state index in [0.29, 0.717) is 18.3 Å². The highest BCUT2D eigenvalue weighted by Crippen LogP contribution is 2.31. The summed E-state index contributed by atoms with van der Waals surface area (Å²) in [4.78, 5) is 2.52. The van der Waals surface area contributed by atoms with Crippen LogP contribution in [0.2, 0.25) is 0 Å². The van der Waals surface area contributed by atoms with Gasteiger partial charge in [-0.3, -0.25) is 0 Å². The van der Waals surface area contributed by atoms with Gasteiger partial charge >= 0.3 is 6.18 Å². The van der Waals surface area contributed by atoms with Crippen LogP contribution in [0.1, 0.15) is 51.0 Å². The van der Waals surface area contributed by atoms with Crippen molar-refractivity contribution in [2.75, 3.05) is 26.2 Å². The molecule has 5 heteroatoms. The molecule has 0 radical (unpaired) electrons. The van der Waals surface area contributed by atoms with Crippen LogP contribution in [0.3, 0.4) is 0 Å². The van der Waals surface area contributed by atoms with Gasteiger partial charge in [-0.05, 0) is 62.9 Å². The van der Waals surface area contributed by atoms with E-state index < -0.39 is 11.7 Å². The summed E-state index contributed by atoms with van der Waals surface area (Å²) in [5, 5.41) is 0. The van der Waals surface area contributed by atoms with Gasteiger partial charge in [0.05, 0.1) is 12.2 Å². The SMILES string of the molecule is CCCCCN1CCCC(CCOc2cccc(C(F)(F)F)c2)C1. The van der Waals surface area contributed by atoms with E-state index in [1.165, 1.54) is 51.3 Å². The third kappa shape index (κ3) is 6.34. The van der Waals surface area contributed by atoms with Crippen LogP contribution >= 0.6 is 0 Å². The van der Waals surface area contributed by atoms with Crippen molar-refractivity contribution < 1.29 is 17.9 Å². The highest BCUT2D eigenvalue weighted by molar-refractivity contribution is 5.30. The molecule has 1 heterocycles. The monoisotopic (exact) mass is 343 g/mol. The second-order valence-corrected chi connectivity index (χ2v) is 6.68. The fraction of sp³-hybridized carbons (Fsp3) is 0.684. The molecule has 0 amide bonds. The summed E-state index contributed by atoms with van der Waals surface area (Å²) < 4.78 is 43.6. The lowest BCUT2D eigenvalue weighted by Gasteiger charge is -2.32. The van der Waals surface area contributed by atoms with Gasteiger partial charge in [0, 0.05) is 6.54 Å². The Balaban J connectivity index is 1.73. The molecule has 0 spiro atoms. The Morgan fingerprint density at radius 2 is 2.08 bits per heavy atom. The number of halogens is 3. The Morgan fingerprint density at radius 3 is 2.83 bits per heavy atom. The molecule has 1 aliphatic heterocycles. The van der Waals surface area contributed by atoms with Crippen LogP contribution in [0, 0.1) is 5.92 Å². The van der Waals surface area contributed by atoms with Gasteiger partial charge in [0.15, 0.2) is 0 Å². The standard InChI is InChI=1S/C19H28F3NO/c1-2-3-4-11-23-12-6-7-16(15-23)10-13-24-18-9-5-8-17(14-18)19(20,21)22/h5,8-9,14,16H,2-4,6-7,10-13,15H2,1H3. The first kappa shape index (κ1) is 19.1. The predicted molar refractivity (Wildman–Crippen MR) is 90.2 cm³/mol. The van der Waals surface area contributed by atoms with Crippen LogP contribution in [0.25, 0.3) is 0 Å². The lowest BCUT2D eigenvalue weighted by Crippen LogP contribution is -2.36. The largest absolute Gasteiger partial charge is 0.494 e. The molecule has 1 fully saturated rings.